The molecule has 1 atom stereocenters. The zero-order valence-electron chi connectivity index (χ0n) is 14.0. The van der Waals surface area contributed by atoms with Gasteiger partial charge in [-0.2, -0.15) is 0 Å². The molecule has 0 heterocycles. The van der Waals surface area contributed by atoms with Crippen LogP contribution in [0.2, 0.25) is 0 Å². The molecule has 24 heavy (non-hydrogen) atoms. The molecule has 0 aliphatic rings. The van der Waals surface area contributed by atoms with Crippen molar-refractivity contribution in [3.63, 3.8) is 0 Å². The standard InChI is InChI=1S/C17H23NO6/c1-17(2,3)24-16(22)18-13(9-10-14(19)20)15(21)23-11-12-7-5-4-6-8-12/h4-8,13H,9-11H2,1-3H3,(H,18,22)(H,19,20)/p-1/t13-/m1/s1. The summed E-state index contributed by atoms with van der Waals surface area (Å²) in [4.78, 5) is 34.5. The van der Waals surface area contributed by atoms with Gasteiger partial charge in [-0.3, -0.25) is 0 Å². The Balaban J connectivity index is 2.64. The maximum absolute atomic E-state index is 12.1. The number of ether oxygens (including phenoxy) is 2. The van der Waals surface area contributed by atoms with Crippen LogP contribution in [-0.2, 0) is 25.7 Å². The Bertz CT molecular complexity index is 564. The van der Waals surface area contributed by atoms with Crippen LogP contribution in [0, 0.1) is 0 Å². The Hall–Kier alpha value is -2.57. The van der Waals surface area contributed by atoms with Gasteiger partial charge in [-0.15, -0.1) is 0 Å². The van der Waals surface area contributed by atoms with E-state index in [1.165, 1.54) is 0 Å². The summed E-state index contributed by atoms with van der Waals surface area (Å²) in [6.45, 7) is 5.06. The van der Waals surface area contributed by atoms with Crippen molar-refractivity contribution in [2.45, 2.75) is 51.9 Å². The van der Waals surface area contributed by atoms with Gasteiger partial charge in [-0.05, 0) is 39.2 Å². The topological polar surface area (TPSA) is 105 Å². The Morgan fingerprint density at radius 3 is 2.33 bits per heavy atom. The molecule has 0 fully saturated rings. The minimum Gasteiger partial charge on any atom is -0.550 e. The number of rotatable bonds is 7. The molecule has 7 nitrogen and oxygen atoms in total. The van der Waals surface area contributed by atoms with E-state index in [1.807, 2.05) is 6.07 Å². The largest absolute Gasteiger partial charge is 0.550 e. The highest BCUT2D eigenvalue weighted by molar-refractivity contribution is 5.82. The molecule has 0 radical (unpaired) electrons. The van der Waals surface area contributed by atoms with Gasteiger partial charge in [-0.25, -0.2) is 9.59 Å². The van der Waals surface area contributed by atoms with Gasteiger partial charge in [0, 0.05) is 5.97 Å². The summed E-state index contributed by atoms with van der Waals surface area (Å²) >= 11 is 0. The van der Waals surface area contributed by atoms with Crippen molar-refractivity contribution >= 4 is 18.0 Å². The number of hydrogen-bond acceptors (Lipinski definition) is 6. The maximum Gasteiger partial charge on any atom is 0.408 e. The predicted molar refractivity (Wildman–Crippen MR) is 83.6 cm³/mol. The minimum atomic E-state index is -1.32. The first kappa shape index (κ1) is 19.5. The zero-order valence-corrected chi connectivity index (χ0v) is 14.0. The molecule has 0 aromatic heterocycles. The van der Waals surface area contributed by atoms with Crippen LogP contribution >= 0.6 is 0 Å². The fourth-order valence-corrected chi connectivity index (χ4v) is 1.79. The number of benzene rings is 1. The van der Waals surface area contributed by atoms with E-state index in [0.29, 0.717) is 0 Å². The molecule has 0 aliphatic heterocycles. The molecule has 1 aromatic carbocycles. The third kappa shape index (κ3) is 8.17. The van der Waals surface area contributed by atoms with Crippen molar-refractivity contribution in [3.05, 3.63) is 35.9 Å². The van der Waals surface area contributed by atoms with Crippen molar-refractivity contribution in [2.75, 3.05) is 0 Å². The maximum atomic E-state index is 12.1. The highest BCUT2D eigenvalue weighted by Crippen LogP contribution is 2.09. The molecule has 1 amide bonds. The van der Waals surface area contributed by atoms with Crippen molar-refractivity contribution in [1.82, 2.24) is 5.32 Å². The third-order valence-corrected chi connectivity index (χ3v) is 2.84. The number of alkyl carbamates (subject to hydrolysis) is 1. The van der Waals surface area contributed by atoms with Gasteiger partial charge >= 0.3 is 12.1 Å². The van der Waals surface area contributed by atoms with Crippen LogP contribution in [0.3, 0.4) is 0 Å². The second-order valence-corrected chi connectivity index (χ2v) is 6.20. The van der Waals surface area contributed by atoms with Gasteiger partial charge in [0.25, 0.3) is 0 Å². The normalized spacial score (nSPS) is 12.1. The molecule has 0 saturated carbocycles. The number of hydrogen-bond donors (Lipinski definition) is 1. The van der Waals surface area contributed by atoms with E-state index in [-0.39, 0.29) is 19.4 Å². The Morgan fingerprint density at radius 1 is 1.17 bits per heavy atom. The monoisotopic (exact) mass is 336 g/mol. The van der Waals surface area contributed by atoms with Crippen molar-refractivity contribution < 1.29 is 29.0 Å². The van der Waals surface area contributed by atoms with Crippen LogP contribution in [-0.4, -0.2) is 29.7 Å². The molecule has 1 N–H and O–H groups in total. The lowest BCUT2D eigenvalue weighted by atomic mass is 10.1. The lowest BCUT2D eigenvalue weighted by Gasteiger charge is -2.23. The smallest absolute Gasteiger partial charge is 0.408 e. The summed E-state index contributed by atoms with van der Waals surface area (Å²) in [5.74, 6) is -2.05. The number of carboxylic acids is 1. The molecule has 0 unspecified atom stereocenters. The van der Waals surface area contributed by atoms with E-state index in [9.17, 15) is 19.5 Å². The zero-order chi connectivity index (χ0) is 18.2. The summed E-state index contributed by atoms with van der Waals surface area (Å²) in [5.41, 5.74) is 0.0403. The second-order valence-electron chi connectivity index (χ2n) is 6.20. The molecule has 0 spiro atoms. The number of carbonyl (C=O) groups is 3. The fourth-order valence-electron chi connectivity index (χ4n) is 1.79. The Morgan fingerprint density at radius 2 is 1.79 bits per heavy atom. The lowest BCUT2D eigenvalue weighted by molar-refractivity contribution is -0.305. The first-order valence-electron chi connectivity index (χ1n) is 7.57. The van der Waals surface area contributed by atoms with Gasteiger partial charge in [0.15, 0.2) is 0 Å². The summed E-state index contributed by atoms with van der Waals surface area (Å²) in [6.07, 6.45) is -1.35. The van der Waals surface area contributed by atoms with Gasteiger partial charge in [-0.1, -0.05) is 30.3 Å². The molecular formula is C17H22NO6-. The highest BCUT2D eigenvalue weighted by atomic mass is 16.6. The first-order chi connectivity index (χ1) is 11.2. The van der Waals surface area contributed by atoms with Crippen molar-refractivity contribution in [3.8, 4) is 0 Å². The summed E-state index contributed by atoms with van der Waals surface area (Å²) in [5, 5.41) is 13.0. The fraction of sp³-hybridized carbons (Fsp3) is 0.471. The van der Waals surface area contributed by atoms with Crippen LogP contribution in [0.4, 0.5) is 4.79 Å². The molecular weight excluding hydrogens is 314 g/mol. The SMILES string of the molecule is CC(C)(C)OC(=O)N[C@H](CCC(=O)[O-])C(=O)OCc1ccccc1. The number of nitrogens with one attached hydrogen (secondary N) is 1. The number of amides is 1. The Kier molecular flexibility index (Phi) is 7.23. The van der Waals surface area contributed by atoms with Crippen LogP contribution < -0.4 is 10.4 Å². The van der Waals surface area contributed by atoms with Gasteiger partial charge in [0.05, 0.1) is 0 Å². The number of esters is 1. The van der Waals surface area contributed by atoms with Crippen LogP contribution in [0.5, 0.6) is 0 Å². The molecule has 0 saturated heterocycles. The summed E-state index contributed by atoms with van der Waals surface area (Å²) in [6, 6.07) is 7.88. The molecule has 0 aliphatic carbocycles. The second kappa shape index (κ2) is 8.90. The van der Waals surface area contributed by atoms with Crippen molar-refractivity contribution in [1.29, 1.82) is 0 Å². The van der Waals surface area contributed by atoms with Gasteiger partial charge < -0.3 is 24.7 Å². The van der Waals surface area contributed by atoms with Crippen molar-refractivity contribution in [2.24, 2.45) is 0 Å². The third-order valence-electron chi connectivity index (χ3n) is 2.84. The number of aliphatic carboxylic acids is 1. The minimum absolute atomic E-state index is 0.0253. The van der Waals surface area contributed by atoms with Gasteiger partial charge in [0.2, 0.25) is 0 Å². The predicted octanol–water partition coefficient (Wildman–Crippen LogP) is 1.15. The van der Waals surface area contributed by atoms with Crippen LogP contribution in [0.1, 0.15) is 39.2 Å². The average molecular weight is 336 g/mol. The molecule has 132 valence electrons. The molecule has 1 rings (SSSR count). The Labute approximate surface area is 141 Å². The molecule has 7 heteroatoms. The lowest BCUT2D eigenvalue weighted by Crippen LogP contribution is -2.45. The summed E-state index contributed by atoms with van der Waals surface area (Å²) < 4.78 is 10.2. The molecule has 1 aromatic rings. The number of carboxylic acid groups (broad SMARTS) is 1. The first-order valence-corrected chi connectivity index (χ1v) is 7.57. The van der Waals surface area contributed by atoms with E-state index >= 15 is 0 Å². The van der Waals surface area contributed by atoms with E-state index in [1.54, 1.807) is 45.0 Å². The highest BCUT2D eigenvalue weighted by Gasteiger charge is 2.25. The van der Waals surface area contributed by atoms with E-state index in [0.717, 1.165) is 5.56 Å². The van der Waals surface area contributed by atoms with E-state index in [2.05, 4.69) is 5.32 Å². The average Bonchev–Trinajstić information content (AvgIpc) is 2.48. The van der Waals surface area contributed by atoms with Crippen LogP contribution in [0.15, 0.2) is 30.3 Å². The summed E-state index contributed by atoms with van der Waals surface area (Å²) in [7, 11) is 0. The van der Waals surface area contributed by atoms with E-state index < -0.39 is 29.7 Å². The van der Waals surface area contributed by atoms with E-state index in [4.69, 9.17) is 9.47 Å². The number of carbonyl (C=O) groups excluding carboxylic acids is 3. The van der Waals surface area contributed by atoms with Crippen LogP contribution in [0.25, 0.3) is 0 Å². The quantitative estimate of drug-likeness (QED) is 0.749. The molecule has 0 bridgehead atoms. The van der Waals surface area contributed by atoms with Gasteiger partial charge in [0.1, 0.15) is 18.2 Å².